The van der Waals surface area contributed by atoms with Crippen molar-refractivity contribution in [1.29, 1.82) is 0 Å². The smallest absolute Gasteiger partial charge is 0.0597 e. The third-order valence-electron chi connectivity index (χ3n) is 2.79. The molecule has 1 aliphatic carbocycles. The quantitative estimate of drug-likeness (QED) is 0.642. The van der Waals surface area contributed by atoms with Crippen molar-refractivity contribution in [1.82, 2.24) is 0 Å². The van der Waals surface area contributed by atoms with Gasteiger partial charge in [-0.15, -0.1) is 11.6 Å². The molecule has 66 valence electrons. The normalized spacial score (nSPS) is 26.5. The van der Waals surface area contributed by atoms with E-state index in [1.807, 2.05) is 0 Å². The molecule has 1 fully saturated rings. The molecule has 0 heterocycles. The van der Waals surface area contributed by atoms with Gasteiger partial charge in [-0.1, -0.05) is 26.2 Å². The van der Waals surface area contributed by atoms with E-state index >= 15 is 0 Å². The van der Waals surface area contributed by atoms with E-state index in [0.29, 0.717) is 0 Å². The van der Waals surface area contributed by atoms with Gasteiger partial charge >= 0.3 is 0 Å². The molecule has 0 radical (unpaired) electrons. The molecule has 1 nitrogen and oxygen atoms in total. The van der Waals surface area contributed by atoms with Gasteiger partial charge in [0.15, 0.2) is 0 Å². The summed E-state index contributed by atoms with van der Waals surface area (Å²) in [6.45, 7) is 2.11. The average Bonchev–Trinajstić information content (AvgIpc) is 2.04. The van der Waals surface area contributed by atoms with Crippen molar-refractivity contribution in [3.8, 4) is 0 Å². The van der Waals surface area contributed by atoms with Gasteiger partial charge in [0, 0.05) is 6.04 Å². The molecule has 0 unspecified atom stereocenters. The van der Waals surface area contributed by atoms with Gasteiger partial charge in [0.25, 0.3) is 0 Å². The molecular weight excluding hydrogens is 158 g/mol. The Balaban J connectivity index is 2.49. The third-order valence-corrected chi connectivity index (χ3v) is 3.45. The van der Waals surface area contributed by atoms with Crippen LogP contribution in [0.1, 0.15) is 45.4 Å². The zero-order chi connectivity index (χ0) is 8.32. The summed E-state index contributed by atoms with van der Waals surface area (Å²) < 4.78 is 0. The first kappa shape index (κ1) is 9.34. The van der Waals surface area contributed by atoms with Gasteiger partial charge in [0.1, 0.15) is 0 Å². The molecular formula is C9H18ClN. The molecule has 0 saturated heterocycles. The lowest BCUT2D eigenvalue weighted by Crippen LogP contribution is -2.44. The topological polar surface area (TPSA) is 26.0 Å². The van der Waals surface area contributed by atoms with E-state index in [1.54, 1.807) is 0 Å². The lowest BCUT2D eigenvalue weighted by Gasteiger charge is -2.35. The van der Waals surface area contributed by atoms with Crippen LogP contribution in [-0.2, 0) is 0 Å². The second-order valence-electron chi connectivity index (χ2n) is 3.61. The zero-order valence-corrected chi connectivity index (χ0v) is 8.03. The second-order valence-corrected chi connectivity index (χ2v) is 4.36. The zero-order valence-electron chi connectivity index (χ0n) is 7.28. The number of rotatable bonds is 2. The highest BCUT2D eigenvalue weighted by Gasteiger charge is 2.34. The summed E-state index contributed by atoms with van der Waals surface area (Å²) in [6.07, 6.45) is 7.09. The minimum absolute atomic E-state index is 0.0625. The van der Waals surface area contributed by atoms with Gasteiger partial charge in [0.2, 0.25) is 0 Å². The van der Waals surface area contributed by atoms with E-state index in [9.17, 15) is 0 Å². The minimum atomic E-state index is -0.0625. The van der Waals surface area contributed by atoms with Crippen molar-refractivity contribution >= 4 is 11.6 Å². The van der Waals surface area contributed by atoms with Crippen molar-refractivity contribution in [2.75, 3.05) is 0 Å². The largest absolute Gasteiger partial charge is 0.326 e. The molecule has 0 aromatic heterocycles. The lowest BCUT2D eigenvalue weighted by molar-refractivity contribution is 0.330. The number of nitrogens with two attached hydrogens (primary N) is 1. The summed E-state index contributed by atoms with van der Waals surface area (Å²) in [7, 11) is 0. The first-order valence-electron chi connectivity index (χ1n) is 4.63. The average molecular weight is 176 g/mol. The van der Waals surface area contributed by atoms with E-state index < -0.39 is 0 Å². The molecule has 0 aromatic rings. The maximum Gasteiger partial charge on any atom is 0.0597 e. The molecule has 0 aliphatic heterocycles. The van der Waals surface area contributed by atoms with Gasteiger partial charge in [-0.25, -0.2) is 0 Å². The SMILES string of the molecule is CC[C@@H](N)C1(Cl)CCCCC1. The van der Waals surface area contributed by atoms with Crippen molar-refractivity contribution in [3.05, 3.63) is 0 Å². The van der Waals surface area contributed by atoms with Gasteiger partial charge in [-0.05, 0) is 19.3 Å². The lowest BCUT2D eigenvalue weighted by atomic mass is 9.82. The molecule has 0 spiro atoms. The Morgan fingerprint density at radius 1 is 1.36 bits per heavy atom. The van der Waals surface area contributed by atoms with E-state index in [4.69, 9.17) is 17.3 Å². The fraction of sp³-hybridized carbons (Fsp3) is 1.00. The summed E-state index contributed by atoms with van der Waals surface area (Å²) >= 11 is 6.40. The van der Waals surface area contributed by atoms with Gasteiger partial charge < -0.3 is 5.73 Å². The number of halogens is 1. The van der Waals surface area contributed by atoms with Gasteiger partial charge in [0.05, 0.1) is 4.87 Å². The summed E-state index contributed by atoms with van der Waals surface area (Å²) in [6, 6.07) is 0.199. The van der Waals surface area contributed by atoms with Crippen LogP contribution in [0.5, 0.6) is 0 Å². The summed E-state index contributed by atoms with van der Waals surface area (Å²) in [5.74, 6) is 0. The Kier molecular flexibility index (Phi) is 3.20. The molecule has 0 amide bonds. The van der Waals surface area contributed by atoms with Crippen molar-refractivity contribution in [2.45, 2.75) is 56.4 Å². The molecule has 1 aliphatic rings. The molecule has 11 heavy (non-hydrogen) atoms. The second kappa shape index (κ2) is 3.77. The van der Waals surface area contributed by atoms with Crippen molar-refractivity contribution < 1.29 is 0 Å². The molecule has 2 N–H and O–H groups in total. The van der Waals surface area contributed by atoms with E-state index in [1.165, 1.54) is 19.3 Å². The Hall–Kier alpha value is 0.250. The number of hydrogen-bond acceptors (Lipinski definition) is 1. The van der Waals surface area contributed by atoms with Crippen LogP contribution < -0.4 is 5.73 Å². The maximum atomic E-state index is 6.40. The Morgan fingerprint density at radius 2 is 1.91 bits per heavy atom. The standard InChI is InChI=1S/C9H18ClN/c1-2-8(11)9(10)6-4-3-5-7-9/h8H,2-7,11H2,1H3/t8-/m1/s1. The van der Waals surface area contributed by atoms with Gasteiger partial charge in [-0.2, -0.15) is 0 Å². The van der Waals surface area contributed by atoms with Crippen LogP contribution in [0.2, 0.25) is 0 Å². The Bertz CT molecular complexity index is 119. The maximum absolute atomic E-state index is 6.40. The monoisotopic (exact) mass is 175 g/mol. The summed E-state index contributed by atoms with van der Waals surface area (Å²) in [4.78, 5) is -0.0625. The fourth-order valence-electron chi connectivity index (χ4n) is 1.88. The van der Waals surface area contributed by atoms with Crippen LogP contribution in [0.4, 0.5) is 0 Å². The van der Waals surface area contributed by atoms with Crippen LogP contribution in [0, 0.1) is 0 Å². The summed E-state index contributed by atoms with van der Waals surface area (Å²) in [5.41, 5.74) is 5.95. The first-order valence-corrected chi connectivity index (χ1v) is 5.01. The highest BCUT2D eigenvalue weighted by Crippen LogP contribution is 2.36. The summed E-state index contributed by atoms with van der Waals surface area (Å²) in [5, 5.41) is 0. The highest BCUT2D eigenvalue weighted by molar-refractivity contribution is 6.24. The number of hydrogen-bond donors (Lipinski definition) is 1. The highest BCUT2D eigenvalue weighted by atomic mass is 35.5. The fourth-order valence-corrected chi connectivity index (χ4v) is 2.30. The number of alkyl halides is 1. The Morgan fingerprint density at radius 3 is 2.36 bits per heavy atom. The molecule has 1 rings (SSSR count). The predicted octanol–water partition coefficient (Wildman–Crippen LogP) is 2.67. The van der Waals surface area contributed by atoms with Crippen LogP contribution in [0.15, 0.2) is 0 Å². The van der Waals surface area contributed by atoms with Crippen LogP contribution in [0.25, 0.3) is 0 Å². The van der Waals surface area contributed by atoms with Crippen molar-refractivity contribution in [2.24, 2.45) is 5.73 Å². The van der Waals surface area contributed by atoms with E-state index in [-0.39, 0.29) is 10.9 Å². The van der Waals surface area contributed by atoms with Crippen LogP contribution in [0.3, 0.4) is 0 Å². The molecule has 1 atom stereocenters. The molecule has 1 saturated carbocycles. The minimum Gasteiger partial charge on any atom is -0.326 e. The van der Waals surface area contributed by atoms with Gasteiger partial charge in [-0.3, -0.25) is 0 Å². The van der Waals surface area contributed by atoms with E-state index in [2.05, 4.69) is 6.92 Å². The van der Waals surface area contributed by atoms with Crippen LogP contribution >= 0.6 is 11.6 Å². The van der Waals surface area contributed by atoms with Crippen molar-refractivity contribution in [3.63, 3.8) is 0 Å². The third kappa shape index (κ3) is 2.09. The molecule has 2 heteroatoms. The predicted molar refractivity (Wildman–Crippen MR) is 49.9 cm³/mol. The van der Waals surface area contributed by atoms with E-state index in [0.717, 1.165) is 19.3 Å². The first-order chi connectivity index (χ1) is 5.19. The molecule has 0 bridgehead atoms. The molecule has 0 aromatic carbocycles. The van der Waals surface area contributed by atoms with Crippen LogP contribution in [-0.4, -0.2) is 10.9 Å². The Labute approximate surface area is 74.3 Å².